The highest BCUT2D eigenvalue weighted by Crippen LogP contribution is 2.58. The molecule has 1 fully saturated rings. The van der Waals surface area contributed by atoms with Crippen molar-refractivity contribution in [2.75, 3.05) is 14.2 Å². The smallest absolute Gasteiger partial charge is 0.123 e. The van der Waals surface area contributed by atoms with E-state index >= 15 is 0 Å². The van der Waals surface area contributed by atoms with Crippen LogP contribution in [0.2, 0.25) is 5.02 Å². The van der Waals surface area contributed by atoms with Gasteiger partial charge in [0.05, 0.1) is 7.11 Å². The van der Waals surface area contributed by atoms with Gasteiger partial charge in [0, 0.05) is 16.6 Å². The molecule has 0 bridgehead atoms. The first-order chi connectivity index (χ1) is 7.99. The number of nitrogens with one attached hydrogen (secondary N) is 1. The second kappa shape index (κ2) is 4.51. The summed E-state index contributed by atoms with van der Waals surface area (Å²) in [4.78, 5) is 0. The molecule has 0 aliphatic heterocycles. The van der Waals surface area contributed by atoms with E-state index < -0.39 is 0 Å². The van der Waals surface area contributed by atoms with Gasteiger partial charge in [0.25, 0.3) is 0 Å². The van der Waals surface area contributed by atoms with E-state index in [9.17, 15) is 0 Å². The Morgan fingerprint density at radius 2 is 2.12 bits per heavy atom. The number of benzene rings is 1. The predicted molar refractivity (Wildman–Crippen MR) is 71.7 cm³/mol. The summed E-state index contributed by atoms with van der Waals surface area (Å²) >= 11 is 6.09. The lowest BCUT2D eigenvalue weighted by atomic mass is 9.96. The van der Waals surface area contributed by atoms with Gasteiger partial charge in [-0.3, -0.25) is 0 Å². The third-order valence-corrected chi connectivity index (χ3v) is 4.06. The van der Waals surface area contributed by atoms with Crippen molar-refractivity contribution in [1.29, 1.82) is 0 Å². The molecule has 94 valence electrons. The number of halogens is 1. The Morgan fingerprint density at radius 3 is 2.59 bits per heavy atom. The van der Waals surface area contributed by atoms with Crippen LogP contribution in [0, 0.1) is 11.3 Å². The minimum atomic E-state index is 0.318. The van der Waals surface area contributed by atoms with E-state index in [0.717, 1.165) is 16.3 Å². The van der Waals surface area contributed by atoms with Crippen molar-refractivity contribution in [3.63, 3.8) is 0 Å². The van der Waals surface area contributed by atoms with E-state index in [1.54, 1.807) is 7.11 Å². The molecule has 2 rings (SSSR count). The van der Waals surface area contributed by atoms with Crippen molar-refractivity contribution < 1.29 is 4.74 Å². The summed E-state index contributed by atoms with van der Waals surface area (Å²) < 4.78 is 5.43. The van der Waals surface area contributed by atoms with Crippen LogP contribution in [0.15, 0.2) is 18.2 Å². The molecule has 0 saturated heterocycles. The van der Waals surface area contributed by atoms with Crippen LogP contribution in [-0.4, -0.2) is 14.2 Å². The molecule has 0 amide bonds. The summed E-state index contributed by atoms with van der Waals surface area (Å²) in [5, 5.41) is 4.16. The fourth-order valence-electron chi connectivity index (χ4n) is 2.60. The Morgan fingerprint density at radius 1 is 1.47 bits per heavy atom. The number of hydrogen-bond donors (Lipinski definition) is 1. The topological polar surface area (TPSA) is 21.3 Å². The summed E-state index contributed by atoms with van der Waals surface area (Å²) in [7, 11) is 3.71. The molecule has 17 heavy (non-hydrogen) atoms. The summed E-state index contributed by atoms with van der Waals surface area (Å²) in [5.41, 5.74) is 1.58. The van der Waals surface area contributed by atoms with E-state index in [1.165, 1.54) is 6.42 Å². The molecular formula is C14H20ClNO. The molecule has 0 spiro atoms. The van der Waals surface area contributed by atoms with Crippen molar-refractivity contribution in [2.24, 2.45) is 11.3 Å². The van der Waals surface area contributed by atoms with Crippen molar-refractivity contribution in [1.82, 2.24) is 5.32 Å². The number of ether oxygens (including phenoxy) is 1. The van der Waals surface area contributed by atoms with Crippen LogP contribution in [0.4, 0.5) is 0 Å². The van der Waals surface area contributed by atoms with Crippen LogP contribution in [0.1, 0.15) is 31.9 Å². The minimum absolute atomic E-state index is 0.318. The largest absolute Gasteiger partial charge is 0.496 e. The lowest BCUT2D eigenvalue weighted by Gasteiger charge is -2.21. The van der Waals surface area contributed by atoms with E-state index in [-0.39, 0.29) is 0 Å². The lowest BCUT2D eigenvalue weighted by Crippen LogP contribution is -2.21. The molecule has 3 heteroatoms. The highest BCUT2D eigenvalue weighted by atomic mass is 35.5. The third-order valence-electron chi connectivity index (χ3n) is 3.83. The van der Waals surface area contributed by atoms with E-state index in [2.05, 4.69) is 19.2 Å². The molecule has 2 atom stereocenters. The monoisotopic (exact) mass is 253 g/mol. The van der Waals surface area contributed by atoms with Gasteiger partial charge in [0.15, 0.2) is 0 Å². The van der Waals surface area contributed by atoms with Crippen LogP contribution < -0.4 is 10.1 Å². The predicted octanol–water partition coefficient (Wildman–Crippen LogP) is 3.66. The average molecular weight is 254 g/mol. The van der Waals surface area contributed by atoms with Crippen molar-refractivity contribution >= 4 is 11.6 Å². The van der Waals surface area contributed by atoms with Gasteiger partial charge in [-0.1, -0.05) is 25.4 Å². The van der Waals surface area contributed by atoms with Gasteiger partial charge in [-0.2, -0.15) is 0 Å². The Kier molecular flexibility index (Phi) is 3.37. The first-order valence-electron chi connectivity index (χ1n) is 6.00. The maximum atomic E-state index is 6.09. The van der Waals surface area contributed by atoms with Crippen LogP contribution in [0.5, 0.6) is 5.75 Å². The van der Waals surface area contributed by atoms with Crippen LogP contribution in [-0.2, 0) is 0 Å². The van der Waals surface area contributed by atoms with Crippen LogP contribution in [0.3, 0.4) is 0 Å². The Balaban J connectivity index is 2.33. The van der Waals surface area contributed by atoms with Crippen molar-refractivity contribution in [3.05, 3.63) is 28.8 Å². The fraction of sp³-hybridized carbons (Fsp3) is 0.571. The summed E-state index contributed by atoms with van der Waals surface area (Å²) in [6, 6.07) is 6.14. The molecule has 1 aromatic carbocycles. The molecule has 2 nitrogen and oxygen atoms in total. The normalized spacial score (nSPS) is 23.2. The Hall–Kier alpha value is -0.730. The zero-order valence-corrected chi connectivity index (χ0v) is 11.6. The van der Waals surface area contributed by atoms with Crippen molar-refractivity contribution in [3.8, 4) is 5.75 Å². The maximum absolute atomic E-state index is 6.09. The second-order valence-electron chi connectivity index (χ2n) is 5.45. The molecule has 0 aromatic heterocycles. The standard InChI is InChI=1S/C14H20ClNO/c1-14(2)8-11(14)13(16-3)10-7-9(15)5-6-12(10)17-4/h5-7,11,13,16H,8H2,1-4H3. The lowest BCUT2D eigenvalue weighted by molar-refractivity contribution is 0.384. The SMILES string of the molecule is CNC(c1cc(Cl)ccc1OC)C1CC1(C)C. The van der Waals surface area contributed by atoms with E-state index in [1.807, 2.05) is 25.2 Å². The molecule has 1 aliphatic rings. The summed E-state index contributed by atoms with van der Waals surface area (Å²) in [6.07, 6.45) is 1.24. The molecule has 1 aromatic rings. The molecule has 1 saturated carbocycles. The van der Waals surface area contributed by atoms with Gasteiger partial charge in [-0.25, -0.2) is 0 Å². The van der Waals surface area contributed by atoms with Gasteiger partial charge in [-0.05, 0) is 43.0 Å². The van der Waals surface area contributed by atoms with Gasteiger partial charge in [-0.15, -0.1) is 0 Å². The number of hydrogen-bond acceptors (Lipinski definition) is 2. The van der Waals surface area contributed by atoms with Crippen molar-refractivity contribution in [2.45, 2.75) is 26.3 Å². The first-order valence-corrected chi connectivity index (χ1v) is 6.38. The molecule has 1 aliphatic carbocycles. The highest BCUT2D eigenvalue weighted by Gasteiger charge is 2.50. The quantitative estimate of drug-likeness (QED) is 0.884. The molecule has 0 heterocycles. The van der Waals surface area contributed by atoms with Crippen LogP contribution >= 0.6 is 11.6 Å². The Labute approximate surface area is 108 Å². The van der Waals surface area contributed by atoms with E-state index in [0.29, 0.717) is 17.4 Å². The summed E-state index contributed by atoms with van der Waals surface area (Å²) in [5.74, 6) is 1.57. The van der Waals surface area contributed by atoms with Gasteiger partial charge in [0.1, 0.15) is 5.75 Å². The van der Waals surface area contributed by atoms with E-state index in [4.69, 9.17) is 16.3 Å². The zero-order chi connectivity index (χ0) is 12.6. The highest BCUT2D eigenvalue weighted by molar-refractivity contribution is 6.30. The first kappa shape index (κ1) is 12.7. The minimum Gasteiger partial charge on any atom is -0.496 e. The number of methoxy groups -OCH3 is 1. The molecule has 0 radical (unpaired) electrons. The molecular weight excluding hydrogens is 234 g/mol. The second-order valence-corrected chi connectivity index (χ2v) is 5.89. The maximum Gasteiger partial charge on any atom is 0.123 e. The Bertz CT molecular complexity index is 417. The van der Waals surface area contributed by atoms with Gasteiger partial charge >= 0.3 is 0 Å². The third kappa shape index (κ3) is 2.43. The zero-order valence-electron chi connectivity index (χ0n) is 10.9. The fourth-order valence-corrected chi connectivity index (χ4v) is 2.78. The van der Waals surface area contributed by atoms with Crippen LogP contribution in [0.25, 0.3) is 0 Å². The van der Waals surface area contributed by atoms with Gasteiger partial charge < -0.3 is 10.1 Å². The molecule has 2 unspecified atom stereocenters. The average Bonchev–Trinajstić information content (AvgIpc) is 2.89. The summed E-state index contributed by atoms with van der Waals surface area (Å²) in [6.45, 7) is 4.61. The van der Waals surface area contributed by atoms with Gasteiger partial charge in [0.2, 0.25) is 0 Å². The number of rotatable bonds is 4. The molecule has 1 N–H and O–H groups in total.